The molecule has 1 aromatic heterocycles. The number of hydrogen-bond acceptors (Lipinski definition) is 5. The molecule has 0 bridgehead atoms. The van der Waals surface area contributed by atoms with Gasteiger partial charge in [0.15, 0.2) is 6.10 Å². The Balaban J connectivity index is 1.51. The van der Waals surface area contributed by atoms with Crippen LogP contribution in [0.5, 0.6) is 11.5 Å². The highest BCUT2D eigenvalue weighted by Gasteiger charge is 2.24. The van der Waals surface area contributed by atoms with Gasteiger partial charge in [-0.25, -0.2) is 9.07 Å². The average Bonchev–Trinajstić information content (AvgIpc) is 3.31. The normalized spacial score (nSPS) is 14.5. The summed E-state index contributed by atoms with van der Waals surface area (Å²) in [6, 6.07) is 18.0. The Bertz CT molecular complexity index is 1430. The fraction of sp³-hybridized carbons (Fsp3) is 0.115. The molecule has 8 nitrogen and oxygen atoms in total. The second-order valence-electron chi connectivity index (χ2n) is 7.96. The van der Waals surface area contributed by atoms with Crippen LogP contribution in [0.2, 0.25) is 0 Å². The predicted octanol–water partition coefficient (Wildman–Crippen LogP) is 4.66. The molecule has 176 valence electrons. The van der Waals surface area contributed by atoms with Gasteiger partial charge in [0, 0.05) is 17.4 Å². The number of rotatable bonds is 5. The zero-order valence-corrected chi connectivity index (χ0v) is 18.9. The van der Waals surface area contributed by atoms with Crippen molar-refractivity contribution in [2.24, 2.45) is 0 Å². The molecule has 35 heavy (non-hydrogen) atoms. The van der Waals surface area contributed by atoms with E-state index in [0.717, 1.165) is 0 Å². The van der Waals surface area contributed by atoms with Crippen molar-refractivity contribution in [1.82, 2.24) is 9.78 Å². The van der Waals surface area contributed by atoms with Crippen molar-refractivity contribution >= 4 is 23.2 Å². The van der Waals surface area contributed by atoms with Crippen molar-refractivity contribution in [2.45, 2.75) is 13.0 Å². The summed E-state index contributed by atoms with van der Waals surface area (Å²) in [5.74, 6) is 0.0975. The van der Waals surface area contributed by atoms with Crippen molar-refractivity contribution < 1.29 is 23.5 Å². The maximum absolute atomic E-state index is 13.4. The highest BCUT2D eigenvalue weighted by molar-refractivity contribution is 6.08. The summed E-state index contributed by atoms with van der Waals surface area (Å²) in [4.78, 5) is 25.3. The van der Waals surface area contributed by atoms with E-state index in [0.29, 0.717) is 45.4 Å². The second kappa shape index (κ2) is 8.94. The molecule has 1 atom stereocenters. The van der Waals surface area contributed by atoms with Crippen molar-refractivity contribution in [1.29, 1.82) is 0 Å². The number of benzene rings is 3. The largest absolute Gasteiger partial charge is 0.497 e. The van der Waals surface area contributed by atoms with Crippen LogP contribution in [0.1, 0.15) is 17.3 Å². The average molecular weight is 472 g/mol. The van der Waals surface area contributed by atoms with E-state index < -0.39 is 12.0 Å². The van der Waals surface area contributed by atoms with Crippen LogP contribution in [0.15, 0.2) is 72.9 Å². The van der Waals surface area contributed by atoms with Gasteiger partial charge in [-0.3, -0.25) is 9.59 Å². The van der Waals surface area contributed by atoms with Gasteiger partial charge in [-0.05, 0) is 61.5 Å². The molecular formula is C26H21FN4O4. The summed E-state index contributed by atoms with van der Waals surface area (Å²) >= 11 is 0. The number of carbonyl (C=O) groups is 2. The zero-order chi connectivity index (χ0) is 24.5. The molecule has 2 N–H and O–H groups in total. The molecule has 2 amide bonds. The quantitative estimate of drug-likeness (QED) is 0.441. The predicted molar refractivity (Wildman–Crippen MR) is 129 cm³/mol. The van der Waals surface area contributed by atoms with Crippen LogP contribution < -0.4 is 20.1 Å². The number of anilines is 2. The lowest BCUT2D eigenvalue weighted by molar-refractivity contribution is -0.122. The Morgan fingerprint density at radius 3 is 2.71 bits per heavy atom. The SMILES string of the molecule is COc1cccc(-c2nn(-c3ccc(F)cc3)cc2C(=O)Nc2ccc3c(c2)NC(=O)C(C)O3)c1. The molecule has 5 rings (SSSR count). The summed E-state index contributed by atoms with van der Waals surface area (Å²) < 4.78 is 25.8. The van der Waals surface area contributed by atoms with E-state index in [1.165, 1.54) is 16.8 Å². The molecule has 1 aliphatic rings. The second-order valence-corrected chi connectivity index (χ2v) is 7.96. The van der Waals surface area contributed by atoms with Gasteiger partial charge in [-0.2, -0.15) is 5.10 Å². The number of methoxy groups -OCH3 is 1. The molecule has 0 spiro atoms. The standard InChI is InChI=1S/C26H21FN4O4/c1-15-25(32)29-22-13-18(8-11-23(22)35-15)28-26(33)21-14-31(19-9-6-17(27)7-10-19)30-24(21)16-4-3-5-20(12-16)34-2/h3-15H,1-2H3,(H,28,33)(H,29,32). The number of ether oxygens (including phenoxy) is 2. The van der Waals surface area contributed by atoms with Crippen LogP contribution in [-0.2, 0) is 4.79 Å². The zero-order valence-electron chi connectivity index (χ0n) is 18.9. The minimum absolute atomic E-state index is 0.262. The molecule has 2 heterocycles. The van der Waals surface area contributed by atoms with Gasteiger partial charge in [0.2, 0.25) is 0 Å². The van der Waals surface area contributed by atoms with Crippen molar-refractivity contribution in [2.75, 3.05) is 17.7 Å². The first-order chi connectivity index (χ1) is 16.9. The van der Waals surface area contributed by atoms with Gasteiger partial charge < -0.3 is 20.1 Å². The minimum atomic E-state index is -0.592. The Morgan fingerprint density at radius 1 is 1.14 bits per heavy atom. The van der Waals surface area contributed by atoms with Crippen LogP contribution in [0, 0.1) is 5.82 Å². The molecule has 0 radical (unpaired) electrons. The third-order valence-corrected chi connectivity index (χ3v) is 5.56. The van der Waals surface area contributed by atoms with Gasteiger partial charge in [0.1, 0.15) is 23.0 Å². The van der Waals surface area contributed by atoms with E-state index in [-0.39, 0.29) is 11.7 Å². The van der Waals surface area contributed by atoms with E-state index in [1.807, 2.05) is 6.07 Å². The van der Waals surface area contributed by atoms with E-state index in [1.54, 1.807) is 68.8 Å². The molecule has 0 saturated carbocycles. The van der Waals surface area contributed by atoms with E-state index in [2.05, 4.69) is 15.7 Å². The first-order valence-corrected chi connectivity index (χ1v) is 10.8. The molecule has 4 aromatic rings. The lowest BCUT2D eigenvalue weighted by atomic mass is 10.1. The van der Waals surface area contributed by atoms with Gasteiger partial charge in [-0.1, -0.05) is 12.1 Å². The minimum Gasteiger partial charge on any atom is -0.497 e. The molecule has 0 saturated heterocycles. The third-order valence-electron chi connectivity index (χ3n) is 5.56. The lowest BCUT2D eigenvalue weighted by Crippen LogP contribution is -2.34. The number of fused-ring (bicyclic) bond motifs is 1. The number of nitrogens with zero attached hydrogens (tertiary/aromatic N) is 2. The first-order valence-electron chi connectivity index (χ1n) is 10.8. The van der Waals surface area contributed by atoms with Crippen LogP contribution in [0.4, 0.5) is 15.8 Å². The molecule has 1 aliphatic heterocycles. The van der Waals surface area contributed by atoms with Gasteiger partial charge in [0.25, 0.3) is 11.8 Å². The molecule has 0 aliphatic carbocycles. The smallest absolute Gasteiger partial charge is 0.265 e. The van der Waals surface area contributed by atoms with Crippen LogP contribution >= 0.6 is 0 Å². The maximum Gasteiger partial charge on any atom is 0.265 e. The van der Waals surface area contributed by atoms with E-state index in [4.69, 9.17) is 9.47 Å². The summed E-state index contributed by atoms with van der Waals surface area (Å²) in [5.41, 5.74) is 2.94. The van der Waals surface area contributed by atoms with Crippen LogP contribution in [0.3, 0.4) is 0 Å². The highest BCUT2D eigenvalue weighted by atomic mass is 19.1. The molecular weight excluding hydrogens is 451 g/mol. The van der Waals surface area contributed by atoms with Gasteiger partial charge >= 0.3 is 0 Å². The Labute approximate surface area is 200 Å². The Kier molecular flexibility index (Phi) is 5.66. The summed E-state index contributed by atoms with van der Waals surface area (Å²) in [5, 5.41) is 10.2. The number of aromatic nitrogens is 2. The summed E-state index contributed by atoms with van der Waals surface area (Å²) in [7, 11) is 1.56. The molecule has 3 aromatic carbocycles. The Morgan fingerprint density at radius 2 is 1.94 bits per heavy atom. The monoisotopic (exact) mass is 472 g/mol. The van der Waals surface area contributed by atoms with Crippen molar-refractivity contribution in [3.05, 3.63) is 84.3 Å². The fourth-order valence-corrected chi connectivity index (χ4v) is 3.73. The highest BCUT2D eigenvalue weighted by Crippen LogP contribution is 2.33. The third kappa shape index (κ3) is 4.43. The van der Waals surface area contributed by atoms with E-state index >= 15 is 0 Å². The number of amides is 2. The maximum atomic E-state index is 13.4. The number of nitrogens with one attached hydrogen (secondary N) is 2. The number of carbonyl (C=O) groups excluding carboxylic acids is 2. The van der Waals surface area contributed by atoms with Gasteiger partial charge in [0.05, 0.1) is 24.0 Å². The first kappa shape index (κ1) is 22.1. The van der Waals surface area contributed by atoms with Crippen molar-refractivity contribution in [3.63, 3.8) is 0 Å². The summed E-state index contributed by atoms with van der Waals surface area (Å²) in [6.45, 7) is 1.66. The molecule has 9 heteroatoms. The Hall–Kier alpha value is -4.66. The molecule has 0 fully saturated rings. The fourth-order valence-electron chi connectivity index (χ4n) is 3.73. The molecule has 1 unspecified atom stereocenters. The van der Waals surface area contributed by atoms with Crippen LogP contribution in [0.25, 0.3) is 16.9 Å². The van der Waals surface area contributed by atoms with Crippen molar-refractivity contribution in [3.8, 4) is 28.4 Å². The number of halogens is 1. The van der Waals surface area contributed by atoms with Gasteiger partial charge in [-0.15, -0.1) is 0 Å². The number of hydrogen-bond donors (Lipinski definition) is 2. The van der Waals surface area contributed by atoms with E-state index in [9.17, 15) is 14.0 Å². The lowest BCUT2D eigenvalue weighted by Gasteiger charge is -2.23. The topological polar surface area (TPSA) is 94.5 Å². The van der Waals surface area contributed by atoms with Crippen LogP contribution in [-0.4, -0.2) is 34.8 Å². The summed E-state index contributed by atoms with van der Waals surface area (Å²) in [6.07, 6.45) is 0.994.